The lowest BCUT2D eigenvalue weighted by Gasteiger charge is -2.11. The smallest absolute Gasteiger partial charge is 0.123 e. The van der Waals surface area contributed by atoms with Crippen LogP contribution in [0.4, 0.5) is 4.39 Å². The van der Waals surface area contributed by atoms with Gasteiger partial charge >= 0.3 is 0 Å². The fraction of sp³-hybridized carbons (Fsp3) is 0.167. The Hall–Kier alpha value is -0.380. The van der Waals surface area contributed by atoms with Crippen LogP contribution in [-0.4, -0.2) is 0 Å². The molecule has 0 fully saturated rings. The summed E-state index contributed by atoms with van der Waals surface area (Å²) < 4.78 is 14.0. The van der Waals surface area contributed by atoms with E-state index >= 15 is 0 Å². The highest BCUT2D eigenvalue weighted by Gasteiger charge is 2.13. The molecule has 1 aromatic carbocycles. The molecule has 0 aliphatic rings. The first-order valence-corrected chi connectivity index (χ1v) is 6.94. The summed E-state index contributed by atoms with van der Waals surface area (Å²) >= 11 is 11.3. The van der Waals surface area contributed by atoms with Crippen LogP contribution in [0.3, 0.4) is 0 Å². The largest absolute Gasteiger partial charge is 0.207 e. The highest BCUT2D eigenvalue weighted by Crippen LogP contribution is 2.31. The Morgan fingerprint density at radius 1 is 1.38 bits per heavy atom. The minimum atomic E-state index is -0.255. The van der Waals surface area contributed by atoms with Crippen molar-refractivity contribution in [3.63, 3.8) is 0 Å². The van der Waals surface area contributed by atoms with Gasteiger partial charge in [0.05, 0.1) is 5.38 Å². The van der Waals surface area contributed by atoms with Crippen LogP contribution in [-0.2, 0) is 6.42 Å². The van der Waals surface area contributed by atoms with Crippen molar-refractivity contribution in [2.75, 3.05) is 0 Å². The van der Waals surface area contributed by atoms with Gasteiger partial charge in [-0.05, 0) is 52.6 Å². The summed E-state index contributed by atoms with van der Waals surface area (Å²) in [6, 6.07) is 6.62. The molecule has 0 aliphatic carbocycles. The van der Waals surface area contributed by atoms with Crippen molar-refractivity contribution in [1.29, 1.82) is 0 Å². The van der Waals surface area contributed by atoms with Crippen molar-refractivity contribution in [2.45, 2.75) is 11.8 Å². The maximum atomic E-state index is 13.1. The van der Waals surface area contributed by atoms with Gasteiger partial charge in [-0.2, -0.15) is 11.3 Å². The number of rotatable bonds is 3. The molecule has 0 radical (unpaired) electrons. The Morgan fingerprint density at radius 2 is 2.19 bits per heavy atom. The van der Waals surface area contributed by atoms with E-state index in [2.05, 4.69) is 21.3 Å². The van der Waals surface area contributed by atoms with E-state index in [-0.39, 0.29) is 11.2 Å². The summed E-state index contributed by atoms with van der Waals surface area (Å²) in [6.45, 7) is 0. The average Bonchev–Trinajstić information content (AvgIpc) is 2.74. The van der Waals surface area contributed by atoms with E-state index in [9.17, 15) is 4.39 Å². The first-order chi connectivity index (χ1) is 7.66. The molecule has 1 unspecified atom stereocenters. The molecule has 0 spiro atoms. The van der Waals surface area contributed by atoms with Gasteiger partial charge < -0.3 is 0 Å². The van der Waals surface area contributed by atoms with Gasteiger partial charge in [0.2, 0.25) is 0 Å². The summed E-state index contributed by atoms with van der Waals surface area (Å²) in [4.78, 5) is 0. The summed E-state index contributed by atoms with van der Waals surface area (Å²) in [5.41, 5.74) is 1.98. The number of halogens is 3. The standard InChI is InChI=1S/C12H9BrClFS/c13-11-2-1-9(15)6-10(11)12(14)5-8-3-4-16-7-8/h1-4,6-7,12H,5H2. The molecule has 84 valence electrons. The number of thiophene rings is 1. The van der Waals surface area contributed by atoms with Gasteiger partial charge in [0, 0.05) is 4.47 Å². The monoisotopic (exact) mass is 318 g/mol. The van der Waals surface area contributed by atoms with Gasteiger partial charge in [-0.1, -0.05) is 15.9 Å². The second kappa shape index (κ2) is 5.30. The normalized spacial score (nSPS) is 12.7. The molecule has 0 nitrogen and oxygen atoms in total. The molecule has 4 heteroatoms. The fourth-order valence-electron chi connectivity index (χ4n) is 1.48. The summed E-state index contributed by atoms with van der Waals surface area (Å²) in [5.74, 6) is -0.255. The van der Waals surface area contributed by atoms with Crippen LogP contribution in [0, 0.1) is 5.82 Å². The highest BCUT2D eigenvalue weighted by atomic mass is 79.9. The van der Waals surface area contributed by atoms with E-state index in [4.69, 9.17) is 11.6 Å². The Bertz CT molecular complexity index is 470. The van der Waals surface area contributed by atoms with E-state index in [1.807, 2.05) is 11.4 Å². The molecular formula is C12H9BrClFS. The third-order valence-corrected chi connectivity index (χ3v) is 4.13. The molecule has 1 aromatic heterocycles. The number of hydrogen-bond donors (Lipinski definition) is 0. The fourth-order valence-corrected chi connectivity index (χ4v) is 3.18. The van der Waals surface area contributed by atoms with E-state index in [0.717, 1.165) is 10.0 Å². The third kappa shape index (κ3) is 2.84. The van der Waals surface area contributed by atoms with Crippen LogP contribution in [0.1, 0.15) is 16.5 Å². The van der Waals surface area contributed by atoms with Crippen molar-refractivity contribution < 1.29 is 4.39 Å². The van der Waals surface area contributed by atoms with E-state index in [1.54, 1.807) is 17.4 Å². The molecule has 0 aliphatic heterocycles. The SMILES string of the molecule is Fc1ccc(Br)c(C(Cl)Cc2ccsc2)c1. The number of hydrogen-bond acceptors (Lipinski definition) is 1. The molecule has 1 heterocycles. The first-order valence-electron chi connectivity index (χ1n) is 4.77. The summed E-state index contributed by atoms with van der Waals surface area (Å²) in [7, 11) is 0. The Morgan fingerprint density at radius 3 is 2.88 bits per heavy atom. The van der Waals surface area contributed by atoms with E-state index in [0.29, 0.717) is 6.42 Å². The number of alkyl halides is 1. The van der Waals surface area contributed by atoms with Crippen LogP contribution < -0.4 is 0 Å². The molecule has 0 saturated carbocycles. The zero-order valence-corrected chi connectivity index (χ0v) is 11.4. The molecule has 16 heavy (non-hydrogen) atoms. The van der Waals surface area contributed by atoms with Crippen molar-refractivity contribution in [3.8, 4) is 0 Å². The Labute approximate surface area is 111 Å². The van der Waals surface area contributed by atoms with E-state index < -0.39 is 0 Å². The zero-order chi connectivity index (χ0) is 11.5. The molecule has 2 rings (SSSR count). The highest BCUT2D eigenvalue weighted by molar-refractivity contribution is 9.10. The maximum absolute atomic E-state index is 13.1. The Kier molecular flexibility index (Phi) is 4.00. The van der Waals surface area contributed by atoms with E-state index in [1.165, 1.54) is 17.7 Å². The van der Waals surface area contributed by atoms with Crippen LogP contribution in [0.15, 0.2) is 39.5 Å². The quantitative estimate of drug-likeness (QED) is 0.684. The lowest BCUT2D eigenvalue weighted by atomic mass is 10.1. The maximum Gasteiger partial charge on any atom is 0.123 e. The van der Waals surface area contributed by atoms with Crippen LogP contribution in [0.25, 0.3) is 0 Å². The van der Waals surface area contributed by atoms with Gasteiger partial charge in [0.1, 0.15) is 5.82 Å². The van der Waals surface area contributed by atoms with Crippen LogP contribution >= 0.6 is 38.9 Å². The van der Waals surface area contributed by atoms with Crippen molar-refractivity contribution in [3.05, 3.63) is 56.4 Å². The van der Waals surface area contributed by atoms with Gasteiger partial charge in [-0.3, -0.25) is 0 Å². The molecule has 0 bridgehead atoms. The van der Waals surface area contributed by atoms with Gasteiger partial charge in [0.25, 0.3) is 0 Å². The van der Waals surface area contributed by atoms with Gasteiger partial charge in [0.15, 0.2) is 0 Å². The first kappa shape index (κ1) is 12.1. The molecule has 0 N–H and O–H groups in total. The summed E-state index contributed by atoms with van der Waals surface area (Å²) in [5, 5.41) is 3.86. The predicted molar refractivity (Wildman–Crippen MR) is 70.7 cm³/mol. The molecule has 1 atom stereocenters. The van der Waals surface area contributed by atoms with Crippen molar-refractivity contribution >= 4 is 38.9 Å². The van der Waals surface area contributed by atoms with Crippen molar-refractivity contribution in [2.24, 2.45) is 0 Å². The van der Waals surface area contributed by atoms with Crippen LogP contribution in [0.2, 0.25) is 0 Å². The molecule has 0 saturated heterocycles. The Balaban J connectivity index is 2.20. The lowest BCUT2D eigenvalue weighted by molar-refractivity contribution is 0.624. The zero-order valence-electron chi connectivity index (χ0n) is 8.29. The third-order valence-electron chi connectivity index (χ3n) is 2.29. The molecule has 2 aromatic rings. The minimum Gasteiger partial charge on any atom is -0.207 e. The molecular weight excluding hydrogens is 311 g/mol. The second-order valence-electron chi connectivity index (χ2n) is 3.47. The minimum absolute atomic E-state index is 0.209. The second-order valence-corrected chi connectivity index (χ2v) is 5.63. The summed E-state index contributed by atoms with van der Waals surface area (Å²) in [6.07, 6.45) is 0.715. The lowest BCUT2D eigenvalue weighted by Crippen LogP contribution is -1.96. The van der Waals surface area contributed by atoms with Gasteiger partial charge in [-0.15, -0.1) is 11.6 Å². The van der Waals surface area contributed by atoms with Crippen LogP contribution in [0.5, 0.6) is 0 Å². The topological polar surface area (TPSA) is 0 Å². The number of benzene rings is 1. The van der Waals surface area contributed by atoms with Gasteiger partial charge in [-0.25, -0.2) is 4.39 Å². The van der Waals surface area contributed by atoms with Crippen molar-refractivity contribution in [1.82, 2.24) is 0 Å². The average molecular weight is 320 g/mol. The molecule has 0 amide bonds. The predicted octanol–water partition coefficient (Wildman–Crippen LogP) is 5.17.